The first kappa shape index (κ1) is 9.93. The molecule has 0 saturated carbocycles. The van der Waals surface area contributed by atoms with E-state index in [-0.39, 0.29) is 0 Å². The van der Waals surface area contributed by atoms with E-state index in [4.69, 9.17) is 11.6 Å². The van der Waals surface area contributed by atoms with Gasteiger partial charge in [0.25, 0.3) is 5.24 Å². The van der Waals surface area contributed by atoms with Crippen LogP contribution < -0.4 is 0 Å². The molecule has 1 N–H and O–H groups in total. The number of ketones is 1. The molecule has 0 aliphatic rings. The fourth-order valence-electron chi connectivity index (χ4n) is 1.60. The molecule has 4 heteroatoms. The van der Waals surface area contributed by atoms with Crippen molar-refractivity contribution in [3.8, 4) is 0 Å². The van der Waals surface area contributed by atoms with E-state index in [0.29, 0.717) is 5.56 Å². The number of H-pyrrole nitrogens is 1. The number of hydrogen-bond donors (Lipinski definition) is 1. The predicted octanol–water partition coefficient (Wildman–Crippen LogP) is 2.42. The Bertz CT molecular complexity index is 557. The van der Waals surface area contributed by atoms with Crippen molar-refractivity contribution in [1.82, 2.24) is 4.98 Å². The molecule has 0 radical (unpaired) electrons. The molecule has 76 valence electrons. The number of aromatic amines is 1. The first-order chi connectivity index (χ1) is 7.11. The number of para-hydroxylation sites is 1. The average molecular weight is 222 g/mol. The Balaban J connectivity index is 2.69. The minimum absolute atomic E-state index is 0.328. The fraction of sp³-hybridized carbons (Fsp3) is 0.0909. The summed E-state index contributed by atoms with van der Waals surface area (Å²) in [5, 5.41) is -0.230. The van der Waals surface area contributed by atoms with Crippen molar-refractivity contribution in [3.05, 3.63) is 35.5 Å². The topological polar surface area (TPSA) is 49.9 Å². The summed E-state index contributed by atoms with van der Waals surface area (Å²) in [7, 11) is 0. The van der Waals surface area contributed by atoms with Crippen LogP contribution in [0.1, 0.15) is 15.9 Å². The van der Waals surface area contributed by atoms with Gasteiger partial charge in [0.05, 0.1) is 5.56 Å². The number of benzene rings is 1. The zero-order valence-electron chi connectivity index (χ0n) is 8.00. The second-order valence-electron chi connectivity index (χ2n) is 3.30. The van der Waals surface area contributed by atoms with Crippen molar-refractivity contribution in [2.75, 3.05) is 0 Å². The molecule has 2 rings (SSSR count). The Morgan fingerprint density at radius 2 is 2.07 bits per heavy atom. The minimum atomic E-state index is -0.961. The van der Waals surface area contributed by atoms with Crippen LogP contribution in [0.4, 0.5) is 0 Å². The lowest BCUT2D eigenvalue weighted by atomic mass is 10.1. The standard InChI is InChI=1S/C11H8ClNO2/c1-6-3-2-4-7-8(5-13-9(6)7)10(14)11(12)15/h2-5,13H,1H3. The Labute approximate surface area is 91.0 Å². The average Bonchev–Trinajstić information content (AvgIpc) is 2.61. The van der Waals surface area contributed by atoms with Crippen LogP contribution in [0, 0.1) is 6.92 Å². The minimum Gasteiger partial charge on any atom is -0.360 e. The number of aryl methyl sites for hydroxylation is 1. The molecule has 0 fully saturated rings. The van der Waals surface area contributed by atoms with Crippen LogP contribution in [0.2, 0.25) is 0 Å². The predicted molar refractivity (Wildman–Crippen MR) is 58.2 cm³/mol. The highest BCUT2D eigenvalue weighted by atomic mass is 35.5. The van der Waals surface area contributed by atoms with Gasteiger partial charge in [-0.05, 0) is 24.1 Å². The lowest BCUT2D eigenvalue weighted by Gasteiger charge is -1.96. The number of fused-ring (bicyclic) bond motifs is 1. The summed E-state index contributed by atoms with van der Waals surface area (Å²) in [6, 6.07) is 5.54. The summed E-state index contributed by atoms with van der Waals surface area (Å²) >= 11 is 5.16. The van der Waals surface area contributed by atoms with E-state index in [1.54, 1.807) is 6.07 Å². The third-order valence-electron chi connectivity index (χ3n) is 2.35. The summed E-state index contributed by atoms with van der Waals surface area (Å²) in [6.45, 7) is 1.93. The number of carbonyl (C=O) groups is 2. The summed E-state index contributed by atoms with van der Waals surface area (Å²) in [5.41, 5.74) is 2.21. The van der Waals surface area contributed by atoms with E-state index in [1.807, 2.05) is 19.1 Å². The molecule has 0 amide bonds. The zero-order valence-corrected chi connectivity index (χ0v) is 8.76. The molecule has 0 aliphatic carbocycles. The van der Waals surface area contributed by atoms with Gasteiger partial charge in [0.15, 0.2) is 0 Å². The highest BCUT2D eigenvalue weighted by molar-refractivity contribution is 6.83. The molecule has 1 aromatic carbocycles. The van der Waals surface area contributed by atoms with E-state index in [1.165, 1.54) is 6.20 Å². The molecule has 0 spiro atoms. The molecule has 1 heterocycles. The number of rotatable bonds is 2. The number of aromatic nitrogens is 1. The number of hydrogen-bond acceptors (Lipinski definition) is 2. The van der Waals surface area contributed by atoms with Crippen LogP contribution in [0.3, 0.4) is 0 Å². The maximum atomic E-state index is 11.4. The lowest BCUT2D eigenvalue weighted by Crippen LogP contribution is -2.06. The van der Waals surface area contributed by atoms with Gasteiger partial charge in [0.1, 0.15) is 0 Å². The second kappa shape index (κ2) is 3.51. The Kier molecular flexibility index (Phi) is 2.32. The Morgan fingerprint density at radius 1 is 1.33 bits per heavy atom. The summed E-state index contributed by atoms with van der Waals surface area (Å²) in [5.74, 6) is -0.673. The molecule has 0 unspecified atom stereocenters. The van der Waals surface area contributed by atoms with Crippen LogP contribution in [-0.4, -0.2) is 16.0 Å². The number of carbonyl (C=O) groups excluding carboxylic acids is 2. The van der Waals surface area contributed by atoms with Gasteiger partial charge >= 0.3 is 0 Å². The maximum absolute atomic E-state index is 11.4. The maximum Gasteiger partial charge on any atom is 0.293 e. The first-order valence-corrected chi connectivity index (χ1v) is 4.80. The SMILES string of the molecule is Cc1cccc2c(C(=O)C(=O)Cl)c[nH]c12. The zero-order chi connectivity index (χ0) is 11.0. The summed E-state index contributed by atoms with van der Waals surface area (Å²) in [6.07, 6.45) is 1.51. The van der Waals surface area contributed by atoms with Gasteiger partial charge in [0.2, 0.25) is 5.78 Å². The van der Waals surface area contributed by atoms with Crippen LogP contribution in [0.15, 0.2) is 24.4 Å². The van der Waals surface area contributed by atoms with E-state index in [2.05, 4.69) is 4.98 Å². The molecular formula is C11H8ClNO2. The largest absolute Gasteiger partial charge is 0.360 e. The van der Waals surface area contributed by atoms with Gasteiger partial charge in [-0.3, -0.25) is 9.59 Å². The van der Waals surface area contributed by atoms with E-state index in [0.717, 1.165) is 16.5 Å². The highest BCUT2D eigenvalue weighted by Gasteiger charge is 2.17. The molecule has 3 nitrogen and oxygen atoms in total. The molecule has 15 heavy (non-hydrogen) atoms. The van der Waals surface area contributed by atoms with Gasteiger partial charge in [-0.1, -0.05) is 18.2 Å². The van der Waals surface area contributed by atoms with Gasteiger partial charge in [0, 0.05) is 17.1 Å². The van der Waals surface area contributed by atoms with Crippen molar-refractivity contribution < 1.29 is 9.59 Å². The second-order valence-corrected chi connectivity index (χ2v) is 3.65. The Morgan fingerprint density at radius 3 is 2.73 bits per heavy atom. The van der Waals surface area contributed by atoms with Crippen LogP contribution >= 0.6 is 11.6 Å². The molecule has 1 aromatic heterocycles. The van der Waals surface area contributed by atoms with Gasteiger partial charge < -0.3 is 4.98 Å². The van der Waals surface area contributed by atoms with Crippen LogP contribution in [0.25, 0.3) is 10.9 Å². The van der Waals surface area contributed by atoms with Crippen molar-refractivity contribution in [3.63, 3.8) is 0 Å². The Hall–Kier alpha value is -1.61. The van der Waals surface area contributed by atoms with Crippen molar-refractivity contribution >= 4 is 33.5 Å². The third kappa shape index (κ3) is 1.55. The number of Topliss-reactive ketones (excluding diaryl/α,β-unsaturated/α-hetero) is 1. The number of nitrogens with one attached hydrogen (secondary N) is 1. The van der Waals surface area contributed by atoms with Gasteiger partial charge in [-0.25, -0.2) is 0 Å². The molecule has 0 aliphatic heterocycles. The van der Waals surface area contributed by atoms with Crippen LogP contribution in [0.5, 0.6) is 0 Å². The van der Waals surface area contributed by atoms with Gasteiger partial charge in [-0.2, -0.15) is 0 Å². The molecule has 0 saturated heterocycles. The number of halogens is 1. The normalized spacial score (nSPS) is 10.5. The van der Waals surface area contributed by atoms with Crippen molar-refractivity contribution in [2.24, 2.45) is 0 Å². The molecular weight excluding hydrogens is 214 g/mol. The summed E-state index contributed by atoms with van der Waals surface area (Å²) < 4.78 is 0. The van der Waals surface area contributed by atoms with E-state index in [9.17, 15) is 9.59 Å². The smallest absolute Gasteiger partial charge is 0.293 e. The van der Waals surface area contributed by atoms with Crippen molar-refractivity contribution in [1.29, 1.82) is 0 Å². The van der Waals surface area contributed by atoms with E-state index < -0.39 is 11.0 Å². The molecule has 0 atom stereocenters. The van der Waals surface area contributed by atoms with Gasteiger partial charge in [-0.15, -0.1) is 0 Å². The lowest BCUT2D eigenvalue weighted by molar-refractivity contribution is -0.108. The van der Waals surface area contributed by atoms with E-state index >= 15 is 0 Å². The molecule has 2 aromatic rings. The third-order valence-corrected chi connectivity index (χ3v) is 2.52. The monoisotopic (exact) mass is 221 g/mol. The highest BCUT2D eigenvalue weighted by Crippen LogP contribution is 2.21. The van der Waals surface area contributed by atoms with Crippen LogP contribution in [-0.2, 0) is 4.79 Å². The first-order valence-electron chi connectivity index (χ1n) is 4.42. The fourth-order valence-corrected chi connectivity index (χ4v) is 1.70. The van der Waals surface area contributed by atoms with Crippen molar-refractivity contribution in [2.45, 2.75) is 6.92 Å². The molecule has 0 bridgehead atoms. The summed E-state index contributed by atoms with van der Waals surface area (Å²) in [4.78, 5) is 25.2. The quantitative estimate of drug-likeness (QED) is 0.481.